The van der Waals surface area contributed by atoms with Gasteiger partial charge in [0.05, 0.1) is 0 Å². The Hall–Kier alpha value is -1.82. The number of hydrogen-bond acceptors (Lipinski definition) is 0. The van der Waals surface area contributed by atoms with Crippen LogP contribution in [0.3, 0.4) is 0 Å². The highest BCUT2D eigenvalue weighted by atomic mass is 14.1. The number of benzene rings is 2. The van der Waals surface area contributed by atoms with Gasteiger partial charge in [0.2, 0.25) is 0 Å². The van der Waals surface area contributed by atoms with Crippen molar-refractivity contribution in [3.05, 3.63) is 77.4 Å². The van der Waals surface area contributed by atoms with Crippen LogP contribution in [0.2, 0.25) is 0 Å². The molecule has 0 amide bonds. The molecule has 0 saturated carbocycles. The molecule has 0 aliphatic carbocycles. The van der Waals surface area contributed by atoms with Gasteiger partial charge in [-0.05, 0) is 41.5 Å². The summed E-state index contributed by atoms with van der Waals surface area (Å²) in [5.74, 6) is 0. The van der Waals surface area contributed by atoms with Gasteiger partial charge in [-0.2, -0.15) is 0 Å². The van der Waals surface area contributed by atoms with Gasteiger partial charge in [-0.1, -0.05) is 68.1 Å². The van der Waals surface area contributed by atoms with Crippen LogP contribution in [0.15, 0.2) is 55.1 Å². The second-order valence-corrected chi connectivity index (χ2v) is 4.58. The van der Waals surface area contributed by atoms with Gasteiger partial charge in [-0.3, -0.25) is 0 Å². The standard InChI is InChI=1S/C18H20/c1-3-17-13-12-16(14-18(17)4-2)11-10-15-8-6-5-7-9-15/h3,5-9,12-14H,1,4,10-11H2,2H3. The lowest BCUT2D eigenvalue weighted by Crippen LogP contribution is -1.94. The molecule has 0 aliphatic heterocycles. The summed E-state index contributed by atoms with van der Waals surface area (Å²) in [5, 5.41) is 0. The Morgan fingerprint density at radius 3 is 2.33 bits per heavy atom. The molecule has 0 N–H and O–H groups in total. The van der Waals surface area contributed by atoms with Crippen LogP contribution < -0.4 is 0 Å². The lowest BCUT2D eigenvalue weighted by atomic mass is 9.98. The van der Waals surface area contributed by atoms with Gasteiger partial charge in [-0.25, -0.2) is 0 Å². The van der Waals surface area contributed by atoms with Crippen LogP contribution in [0.1, 0.15) is 29.2 Å². The van der Waals surface area contributed by atoms with E-state index in [9.17, 15) is 0 Å². The Morgan fingerprint density at radius 2 is 1.67 bits per heavy atom. The first-order chi connectivity index (χ1) is 8.83. The molecule has 0 radical (unpaired) electrons. The van der Waals surface area contributed by atoms with Gasteiger partial charge < -0.3 is 0 Å². The van der Waals surface area contributed by atoms with E-state index in [2.05, 4.69) is 62.0 Å². The van der Waals surface area contributed by atoms with Gasteiger partial charge in [0, 0.05) is 0 Å². The zero-order valence-corrected chi connectivity index (χ0v) is 11.0. The van der Waals surface area contributed by atoms with Crippen LogP contribution in [-0.2, 0) is 19.3 Å². The van der Waals surface area contributed by atoms with Crippen LogP contribution in [0.5, 0.6) is 0 Å². The molecule has 18 heavy (non-hydrogen) atoms. The maximum Gasteiger partial charge on any atom is -0.0230 e. The largest absolute Gasteiger partial charge is 0.0985 e. The monoisotopic (exact) mass is 236 g/mol. The lowest BCUT2D eigenvalue weighted by Gasteiger charge is -2.07. The molecule has 0 spiro atoms. The molecule has 0 heterocycles. The fourth-order valence-corrected chi connectivity index (χ4v) is 2.25. The molecule has 0 atom stereocenters. The Bertz CT molecular complexity index is 509. The van der Waals surface area contributed by atoms with Crippen molar-refractivity contribution in [1.29, 1.82) is 0 Å². The Kier molecular flexibility index (Phi) is 4.35. The van der Waals surface area contributed by atoms with Crippen molar-refractivity contribution in [3.63, 3.8) is 0 Å². The summed E-state index contributed by atoms with van der Waals surface area (Å²) in [6.07, 6.45) is 5.23. The second-order valence-electron chi connectivity index (χ2n) is 4.58. The Labute approximate surface area is 110 Å². The molecule has 2 aromatic carbocycles. The summed E-state index contributed by atoms with van der Waals surface area (Å²) >= 11 is 0. The fourth-order valence-electron chi connectivity index (χ4n) is 2.25. The predicted octanol–water partition coefficient (Wildman–Crippen LogP) is 4.68. The average molecular weight is 236 g/mol. The third-order valence-electron chi connectivity index (χ3n) is 3.35. The minimum atomic E-state index is 1.07. The minimum Gasteiger partial charge on any atom is -0.0985 e. The molecule has 0 unspecified atom stereocenters. The summed E-state index contributed by atoms with van der Waals surface area (Å²) in [7, 11) is 0. The number of hydrogen-bond donors (Lipinski definition) is 0. The van der Waals surface area contributed by atoms with Crippen LogP contribution in [0, 0.1) is 0 Å². The maximum atomic E-state index is 3.86. The minimum absolute atomic E-state index is 1.07. The topological polar surface area (TPSA) is 0 Å². The molecule has 2 rings (SSSR count). The number of aryl methyl sites for hydroxylation is 3. The molecule has 0 bridgehead atoms. The van der Waals surface area contributed by atoms with E-state index in [4.69, 9.17) is 0 Å². The average Bonchev–Trinajstić information content (AvgIpc) is 2.45. The summed E-state index contributed by atoms with van der Waals surface area (Å²) in [6, 6.07) is 17.4. The van der Waals surface area contributed by atoms with Crippen molar-refractivity contribution in [2.45, 2.75) is 26.2 Å². The first-order valence-corrected chi connectivity index (χ1v) is 6.61. The van der Waals surface area contributed by atoms with E-state index in [1.54, 1.807) is 0 Å². The highest BCUT2D eigenvalue weighted by Crippen LogP contribution is 2.16. The molecular weight excluding hydrogens is 216 g/mol. The number of rotatable bonds is 5. The molecule has 0 heteroatoms. The summed E-state index contributed by atoms with van der Waals surface area (Å²) in [6.45, 7) is 6.06. The SMILES string of the molecule is C=Cc1ccc(CCc2ccccc2)cc1CC. The molecule has 0 aromatic heterocycles. The van der Waals surface area contributed by atoms with E-state index in [1.165, 1.54) is 22.3 Å². The van der Waals surface area contributed by atoms with E-state index < -0.39 is 0 Å². The normalized spacial score (nSPS) is 10.3. The Morgan fingerprint density at radius 1 is 0.944 bits per heavy atom. The van der Waals surface area contributed by atoms with Crippen LogP contribution in [-0.4, -0.2) is 0 Å². The van der Waals surface area contributed by atoms with Crippen molar-refractivity contribution in [3.8, 4) is 0 Å². The zero-order chi connectivity index (χ0) is 12.8. The molecule has 0 aliphatic rings. The molecule has 0 fully saturated rings. The molecule has 2 aromatic rings. The predicted molar refractivity (Wildman–Crippen MR) is 79.8 cm³/mol. The highest BCUT2D eigenvalue weighted by molar-refractivity contribution is 5.53. The van der Waals surface area contributed by atoms with E-state index in [1.807, 2.05) is 6.08 Å². The zero-order valence-electron chi connectivity index (χ0n) is 11.0. The van der Waals surface area contributed by atoms with Crippen molar-refractivity contribution >= 4 is 6.08 Å². The molecule has 0 nitrogen and oxygen atoms in total. The first-order valence-electron chi connectivity index (χ1n) is 6.61. The summed E-state index contributed by atoms with van der Waals surface area (Å²) in [4.78, 5) is 0. The summed E-state index contributed by atoms with van der Waals surface area (Å²) in [5.41, 5.74) is 5.49. The second kappa shape index (κ2) is 6.20. The maximum absolute atomic E-state index is 3.86. The van der Waals surface area contributed by atoms with Gasteiger partial charge in [0.25, 0.3) is 0 Å². The van der Waals surface area contributed by atoms with Gasteiger partial charge in [0.15, 0.2) is 0 Å². The van der Waals surface area contributed by atoms with E-state index >= 15 is 0 Å². The third-order valence-corrected chi connectivity index (χ3v) is 3.35. The van der Waals surface area contributed by atoms with Gasteiger partial charge in [0.1, 0.15) is 0 Å². The molecule has 0 saturated heterocycles. The lowest BCUT2D eigenvalue weighted by molar-refractivity contribution is 0.953. The van der Waals surface area contributed by atoms with E-state index in [-0.39, 0.29) is 0 Å². The van der Waals surface area contributed by atoms with Gasteiger partial charge in [-0.15, -0.1) is 0 Å². The molecule has 92 valence electrons. The highest BCUT2D eigenvalue weighted by Gasteiger charge is 2.00. The van der Waals surface area contributed by atoms with Crippen molar-refractivity contribution in [2.24, 2.45) is 0 Å². The Balaban J connectivity index is 2.08. The summed E-state index contributed by atoms with van der Waals surface area (Å²) < 4.78 is 0. The fraction of sp³-hybridized carbons (Fsp3) is 0.222. The van der Waals surface area contributed by atoms with Crippen LogP contribution >= 0.6 is 0 Å². The third kappa shape index (κ3) is 3.10. The van der Waals surface area contributed by atoms with Crippen LogP contribution in [0.25, 0.3) is 6.08 Å². The van der Waals surface area contributed by atoms with E-state index in [0.29, 0.717) is 0 Å². The van der Waals surface area contributed by atoms with Crippen molar-refractivity contribution in [1.82, 2.24) is 0 Å². The van der Waals surface area contributed by atoms with Crippen molar-refractivity contribution in [2.75, 3.05) is 0 Å². The van der Waals surface area contributed by atoms with Crippen molar-refractivity contribution < 1.29 is 0 Å². The quantitative estimate of drug-likeness (QED) is 0.707. The first kappa shape index (κ1) is 12.6. The van der Waals surface area contributed by atoms with E-state index in [0.717, 1.165) is 19.3 Å². The van der Waals surface area contributed by atoms with Gasteiger partial charge >= 0.3 is 0 Å². The molecular formula is C18H20. The van der Waals surface area contributed by atoms with Crippen LogP contribution in [0.4, 0.5) is 0 Å². The smallest absolute Gasteiger partial charge is 0.0230 e.